The van der Waals surface area contributed by atoms with Gasteiger partial charge in [0.1, 0.15) is 0 Å². The molecule has 2 heterocycles. The van der Waals surface area contributed by atoms with E-state index in [1.807, 2.05) is 4.90 Å². The summed E-state index contributed by atoms with van der Waals surface area (Å²) in [5, 5.41) is 0. The Labute approximate surface area is 140 Å². The van der Waals surface area contributed by atoms with Gasteiger partial charge >= 0.3 is 0 Å². The number of carbonyl (C=O) groups excluding carboxylic acids is 1. The number of hydrogen-bond acceptors (Lipinski definition) is 5. The first-order valence-corrected chi connectivity index (χ1v) is 10.2. The van der Waals surface area contributed by atoms with E-state index in [9.17, 15) is 13.2 Å². The summed E-state index contributed by atoms with van der Waals surface area (Å²) in [6, 6.07) is 0.506. The molecule has 2 rings (SSSR count). The van der Waals surface area contributed by atoms with Gasteiger partial charge in [0.05, 0.1) is 5.75 Å². The first-order valence-electron chi connectivity index (χ1n) is 8.51. The second-order valence-corrected chi connectivity index (χ2v) is 8.74. The summed E-state index contributed by atoms with van der Waals surface area (Å²) in [6.07, 6.45) is 0. The zero-order valence-corrected chi connectivity index (χ0v) is 15.3. The zero-order valence-electron chi connectivity index (χ0n) is 14.5. The fraction of sp³-hybridized carbons (Fsp3) is 0.933. The van der Waals surface area contributed by atoms with Gasteiger partial charge in [0.25, 0.3) is 0 Å². The minimum atomic E-state index is -3.10. The third-order valence-corrected chi connectivity index (χ3v) is 6.41. The Kier molecular flexibility index (Phi) is 6.41. The van der Waals surface area contributed by atoms with Gasteiger partial charge in [-0.25, -0.2) is 13.1 Å². The molecule has 1 N–H and O–H groups in total. The highest BCUT2D eigenvalue weighted by molar-refractivity contribution is 7.89. The molecule has 2 aliphatic rings. The van der Waals surface area contributed by atoms with E-state index in [0.29, 0.717) is 18.5 Å². The standard InChI is InChI=1S/C15H30N4O3S/c1-4-23(21,22)16-5-6-17-11-13(2)15(12-17)19-9-7-18(8-10-19)14(3)20/h13,15-16H,4-12H2,1-3H3/t13-,15-/m0/s1. The fourth-order valence-corrected chi connectivity index (χ4v) is 4.14. The largest absolute Gasteiger partial charge is 0.340 e. The lowest BCUT2D eigenvalue weighted by molar-refractivity contribution is -0.130. The molecule has 0 bridgehead atoms. The Morgan fingerprint density at radius 1 is 1.17 bits per heavy atom. The van der Waals surface area contributed by atoms with Crippen LogP contribution in [-0.2, 0) is 14.8 Å². The summed E-state index contributed by atoms with van der Waals surface area (Å²) in [7, 11) is -3.10. The number of hydrogen-bond donors (Lipinski definition) is 1. The van der Waals surface area contributed by atoms with Crippen molar-refractivity contribution in [3.8, 4) is 0 Å². The Hall–Kier alpha value is -0.700. The highest BCUT2D eigenvalue weighted by Gasteiger charge is 2.35. The molecule has 2 saturated heterocycles. The van der Waals surface area contributed by atoms with Crippen LogP contribution in [0.25, 0.3) is 0 Å². The third-order valence-electron chi connectivity index (χ3n) is 5.01. The smallest absolute Gasteiger partial charge is 0.219 e. The predicted octanol–water partition coefficient (Wildman–Crippen LogP) is -0.590. The van der Waals surface area contributed by atoms with Crippen molar-refractivity contribution in [2.24, 2.45) is 5.92 Å². The second-order valence-electron chi connectivity index (χ2n) is 6.64. The molecule has 8 heteroatoms. The van der Waals surface area contributed by atoms with Crippen LogP contribution >= 0.6 is 0 Å². The maximum Gasteiger partial charge on any atom is 0.219 e. The van der Waals surface area contributed by atoms with E-state index < -0.39 is 10.0 Å². The molecule has 0 aliphatic carbocycles. The van der Waals surface area contributed by atoms with Crippen molar-refractivity contribution in [3.05, 3.63) is 0 Å². The molecule has 0 aromatic rings. The van der Waals surface area contributed by atoms with E-state index in [0.717, 1.165) is 45.8 Å². The summed E-state index contributed by atoms with van der Waals surface area (Å²) in [4.78, 5) is 18.1. The Morgan fingerprint density at radius 3 is 2.39 bits per heavy atom. The van der Waals surface area contributed by atoms with Gasteiger partial charge < -0.3 is 9.80 Å². The Morgan fingerprint density at radius 2 is 1.83 bits per heavy atom. The van der Waals surface area contributed by atoms with Gasteiger partial charge in [-0.1, -0.05) is 6.92 Å². The molecule has 2 fully saturated rings. The lowest BCUT2D eigenvalue weighted by atomic mass is 10.0. The van der Waals surface area contributed by atoms with E-state index >= 15 is 0 Å². The number of sulfonamides is 1. The molecule has 7 nitrogen and oxygen atoms in total. The van der Waals surface area contributed by atoms with Gasteiger partial charge in [0.2, 0.25) is 15.9 Å². The minimum absolute atomic E-state index is 0.131. The SMILES string of the molecule is CCS(=O)(=O)NCCN1C[C@H](C)[C@@H](N2CCN(C(C)=O)CC2)C1. The molecule has 0 saturated carbocycles. The van der Waals surface area contributed by atoms with Crippen molar-refractivity contribution in [1.82, 2.24) is 19.4 Å². The lowest BCUT2D eigenvalue weighted by Crippen LogP contribution is -2.53. The summed E-state index contributed by atoms with van der Waals surface area (Å²) < 4.78 is 25.6. The number of likely N-dealkylation sites (tertiary alicyclic amines) is 1. The van der Waals surface area contributed by atoms with E-state index in [1.165, 1.54) is 0 Å². The molecule has 1 amide bonds. The van der Waals surface area contributed by atoms with Gasteiger partial charge in [-0.3, -0.25) is 9.69 Å². The van der Waals surface area contributed by atoms with Crippen molar-refractivity contribution in [2.75, 3.05) is 58.1 Å². The van der Waals surface area contributed by atoms with Crippen LogP contribution in [0.4, 0.5) is 0 Å². The Bertz CT molecular complexity index is 503. The molecule has 0 aromatic heterocycles. The van der Waals surface area contributed by atoms with Gasteiger partial charge in [-0.2, -0.15) is 0 Å². The van der Waals surface area contributed by atoms with Crippen LogP contribution in [0.5, 0.6) is 0 Å². The van der Waals surface area contributed by atoms with Crippen molar-refractivity contribution >= 4 is 15.9 Å². The summed E-state index contributed by atoms with van der Waals surface area (Å²) in [5.74, 6) is 0.863. The quantitative estimate of drug-likeness (QED) is 0.696. The van der Waals surface area contributed by atoms with Crippen molar-refractivity contribution in [3.63, 3.8) is 0 Å². The van der Waals surface area contributed by atoms with Crippen LogP contribution in [0.3, 0.4) is 0 Å². The maximum atomic E-state index is 11.5. The van der Waals surface area contributed by atoms with Gasteiger partial charge in [0.15, 0.2) is 0 Å². The normalized spacial score (nSPS) is 27.5. The van der Waals surface area contributed by atoms with Crippen LogP contribution in [0, 0.1) is 5.92 Å². The fourth-order valence-electron chi connectivity index (χ4n) is 3.54. The molecular weight excluding hydrogens is 316 g/mol. The van der Waals surface area contributed by atoms with E-state index in [2.05, 4.69) is 21.4 Å². The highest BCUT2D eigenvalue weighted by atomic mass is 32.2. The van der Waals surface area contributed by atoms with E-state index in [-0.39, 0.29) is 11.7 Å². The first kappa shape index (κ1) is 18.6. The molecule has 134 valence electrons. The molecule has 0 unspecified atom stereocenters. The monoisotopic (exact) mass is 346 g/mol. The number of nitrogens with zero attached hydrogens (tertiary/aromatic N) is 3. The molecule has 23 heavy (non-hydrogen) atoms. The zero-order chi connectivity index (χ0) is 17.0. The number of amides is 1. The van der Waals surface area contributed by atoms with Crippen molar-refractivity contribution in [2.45, 2.75) is 26.8 Å². The summed E-state index contributed by atoms with van der Waals surface area (Å²) >= 11 is 0. The number of nitrogens with one attached hydrogen (secondary N) is 1. The van der Waals surface area contributed by atoms with Crippen LogP contribution in [0.1, 0.15) is 20.8 Å². The molecule has 0 aromatic carbocycles. The Balaban J connectivity index is 1.77. The highest BCUT2D eigenvalue weighted by Crippen LogP contribution is 2.22. The van der Waals surface area contributed by atoms with Crippen LogP contribution in [0.2, 0.25) is 0 Å². The third kappa shape index (κ3) is 5.14. The van der Waals surface area contributed by atoms with E-state index in [4.69, 9.17) is 0 Å². The molecule has 2 aliphatic heterocycles. The number of carbonyl (C=O) groups is 1. The molecular formula is C15H30N4O3S. The summed E-state index contributed by atoms with van der Waals surface area (Å²) in [6.45, 7) is 12.3. The number of piperazine rings is 1. The van der Waals surface area contributed by atoms with Gasteiger partial charge in [0, 0.05) is 65.3 Å². The lowest BCUT2D eigenvalue weighted by Gasteiger charge is -2.39. The molecule has 0 radical (unpaired) electrons. The average molecular weight is 346 g/mol. The van der Waals surface area contributed by atoms with Crippen LogP contribution in [-0.4, -0.2) is 93.2 Å². The van der Waals surface area contributed by atoms with Crippen molar-refractivity contribution < 1.29 is 13.2 Å². The topological polar surface area (TPSA) is 73.0 Å². The average Bonchev–Trinajstić information content (AvgIpc) is 2.88. The van der Waals surface area contributed by atoms with Gasteiger partial charge in [-0.15, -0.1) is 0 Å². The van der Waals surface area contributed by atoms with Gasteiger partial charge in [-0.05, 0) is 12.8 Å². The minimum Gasteiger partial charge on any atom is -0.340 e. The number of rotatable bonds is 6. The second kappa shape index (κ2) is 7.92. The molecule has 0 spiro atoms. The molecule has 2 atom stereocenters. The first-order chi connectivity index (χ1) is 10.8. The predicted molar refractivity (Wildman–Crippen MR) is 90.7 cm³/mol. The summed E-state index contributed by atoms with van der Waals surface area (Å²) in [5.41, 5.74) is 0. The van der Waals surface area contributed by atoms with Crippen LogP contribution < -0.4 is 4.72 Å². The van der Waals surface area contributed by atoms with Crippen LogP contribution in [0.15, 0.2) is 0 Å². The maximum absolute atomic E-state index is 11.5. The van der Waals surface area contributed by atoms with Crippen molar-refractivity contribution in [1.29, 1.82) is 0 Å². The van der Waals surface area contributed by atoms with E-state index in [1.54, 1.807) is 13.8 Å².